The summed E-state index contributed by atoms with van der Waals surface area (Å²) < 4.78 is 0. The average Bonchev–Trinajstić information content (AvgIpc) is 2.92. The number of phenols is 1. The van der Waals surface area contributed by atoms with E-state index in [0.717, 1.165) is 44.9 Å². The van der Waals surface area contributed by atoms with Crippen molar-refractivity contribution < 1.29 is 14.7 Å². The van der Waals surface area contributed by atoms with Gasteiger partial charge in [0, 0.05) is 24.3 Å². The molecule has 0 aliphatic heterocycles. The van der Waals surface area contributed by atoms with Crippen LogP contribution in [0.25, 0.3) is 0 Å². The fourth-order valence-electron chi connectivity index (χ4n) is 6.39. The van der Waals surface area contributed by atoms with Crippen LogP contribution in [0.4, 0.5) is 0 Å². The molecule has 0 saturated heterocycles. The SMILES string of the molecule is CCCCNC(=O)C[C@H]1C[C@H]2[C@@H]3CCc4cc(O)ccc4[C@H]3CC[C@]2(C)C1=O. The second kappa shape index (κ2) is 7.53. The number of Topliss-reactive ketones (excluding diaryl/α,β-unsaturated/α-hetero) is 1. The second-order valence-corrected chi connectivity index (χ2v) is 9.46. The Bertz CT molecular complexity index is 773. The van der Waals surface area contributed by atoms with Crippen molar-refractivity contribution in [2.45, 2.75) is 71.1 Å². The number of rotatable bonds is 5. The lowest BCUT2D eigenvalue weighted by molar-refractivity contribution is -0.134. The molecule has 0 aromatic heterocycles. The Morgan fingerprint density at radius 2 is 2.14 bits per heavy atom. The minimum atomic E-state index is -0.260. The van der Waals surface area contributed by atoms with Gasteiger partial charge in [-0.15, -0.1) is 0 Å². The third kappa shape index (κ3) is 3.25. The number of ketones is 1. The van der Waals surface area contributed by atoms with Crippen molar-refractivity contribution in [1.82, 2.24) is 5.32 Å². The number of hydrogen-bond acceptors (Lipinski definition) is 3. The summed E-state index contributed by atoms with van der Waals surface area (Å²) in [4.78, 5) is 25.6. The normalized spacial score (nSPS) is 33.7. The zero-order chi connectivity index (χ0) is 19.9. The molecular weight excluding hydrogens is 350 g/mol. The van der Waals surface area contributed by atoms with Crippen LogP contribution >= 0.6 is 0 Å². The van der Waals surface area contributed by atoms with Crippen LogP contribution in [0.1, 0.15) is 75.8 Å². The molecule has 0 bridgehead atoms. The monoisotopic (exact) mass is 383 g/mol. The van der Waals surface area contributed by atoms with Crippen molar-refractivity contribution in [3.05, 3.63) is 29.3 Å². The van der Waals surface area contributed by atoms with Crippen molar-refractivity contribution in [1.29, 1.82) is 0 Å². The van der Waals surface area contributed by atoms with E-state index < -0.39 is 0 Å². The fourth-order valence-corrected chi connectivity index (χ4v) is 6.39. The molecule has 3 aliphatic rings. The number of unbranched alkanes of at least 4 members (excludes halogenated alkanes) is 1. The lowest BCUT2D eigenvalue weighted by Crippen LogP contribution is -2.42. The van der Waals surface area contributed by atoms with Crippen LogP contribution in [0, 0.1) is 23.2 Å². The molecule has 4 rings (SSSR count). The molecule has 0 unspecified atom stereocenters. The molecule has 2 fully saturated rings. The number of fused-ring (bicyclic) bond motifs is 5. The Kier molecular flexibility index (Phi) is 5.24. The molecule has 1 amide bonds. The number of aryl methyl sites for hydroxylation is 1. The molecule has 4 nitrogen and oxygen atoms in total. The zero-order valence-corrected chi connectivity index (χ0v) is 17.2. The molecule has 28 heavy (non-hydrogen) atoms. The molecule has 0 heterocycles. The quantitative estimate of drug-likeness (QED) is 0.743. The average molecular weight is 384 g/mol. The van der Waals surface area contributed by atoms with Crippen LogP contribution in [0.5, 0.6) is 5.75 Å². The topological polar surface area (TPSA) is 66.4 Å². The van der Waals surface area contributed by atoms with Gasteiger partial charge in [-0.25, -0.2) is 0 Å². The largest absolute Gasteiger partial charge is 0.508 e. The molecule has 1 aromatic carbocycles. The van der Waals surface area contributed by atoms with Crippen LogP contribution in [-0.4, -0.2) is 23.3 Å². The third-order valence-electron chi connectivity index (χ3n) is 7.86. The highest BCUT2D eigenvalue weighted by molar-refractivity contribution is 5.93. The number of benzene rings is 1. The molecule has 2 saturated carbocycles. The van der Waals surface area contributed by atoms with E-state index in [4.69, 9.17) is 0 Å². The number of nitrogens with one attached hydrogen (secondary N) is 1. The molecule has 3 aliphatic carbocycles. The van der Waals surface area contributed by atoms with E-state index in [1.165, 1.54) is 11.1 Å². The maximum atomic E-state index is 13.3. The highest BCUT2D eigenvalue weighted by atomic mass is 16.3. The van der Waals surface area contributed by atoms with E-state index in [-0.39, 0.29) is 17.2 Å². The summed E-state index contributed by atoms with van der Waals surface area (Å²) in [7, 11) is 0. The molecule has 1 aromatic rings. The van der Waals surface area contributed by atoms with Crippen LogP contribution in [-0.2, 0) is 16.0 Å². The Morgan fingerprint density at radius 3 is 2.93 bits per heavy atom. The molecule has 0 radical (unpaired) electrons. The standard InChI is InChI=1S/C24H33NO3/c1-3-4-11-25-22(27)14-16-13-21-20-7-5-15-12-17(26)6-8-18(15)19(20)9-10-24(21,2)23(16)28/h6,8,12,16,19-21,26H,3-5,7,9-11,13-14H2,1-2H3,(H,25,27)/t16-,19-,20-,21+,24+/m1/s1. The van der Waals surface area contributed by atoms with Crippen LogP contribution < -0.4 is 5.32 Å². The van der Waals surface area contributed by atoms with Crippen molar-refractivity contribution >= 4 is 11.7 Å². The molecule has 0 spiro atoms. The Labute approximate surface area is 168 Å². The number of carbonyl (C=O) groups excluding carboxylic acids is 2. The van der Waals surface area contributed by atoms with Gasteiger partial charge < -0.3 is 10.4 Å². The number of phenolic OH excluding ortho intramolecular Hbond substituents is 1. The van der Waals surface area contributed by atoms with Crippen molar-refractivity contribution in [2.24, 2.45) is 23.2 Å². The van der Waals surface area contributed by atoms with Gasteiger partial charge in [-0.2, -0.15) is 0 Å². The summed E-state index contributed by atoms with van der Waals surface area (Å²) in [5.41, 5.74) is 2.40. The van der Waals surface area contributed by atoms with E-state index in [2.05, 4.69) is 25.2 Å². The number of hydrogen-bond donors (Lipinski definition) is 2. The van der Waals surface area contributed by atoms with E-state index in [1.54, 1.807) is 6.07 Å². The van der Waals surface area contributed by atoms with Gasteiger partial charge in [-0.1, -0.05) is 26.3 Å². The third-order valence-corrected chi connectivity index (χ3v) is 7.86. The zero-order valence-electron chi connectivity index (χ0n) is 17.2. The number of aromatic hydroxyl groups is 1. The molecule has 4 heteroatoms. The van der Waals surface area contributed by atoms with Gasteiger partial charge in [0.25, 0.3) is 0 Å². The first-order chi connectivity index (χ1) is 13.4. The molecule has 152 valence electrons. The smallest absolute Gasteiger partial charge is 0.220 e. The lowest BCUT2D eigenvalue weighted by Gasteiger charge is -2.48. The first kappa shape index (κ1) is 19.5. The summed E-state index contributed by atoms with van der Waals surface area (Å²) in [5.74, 6) is 2.00. The van der Waals surface area contributed by atoms with E-state index >= 15 is 0 Å². The van der Waals surface area contributed by atoms with Crippen molar-refractivity contribution in [3.8, 4) is 5.75 Å². The van der Waals surface area contributed by atoms with E-state index in [0.29, 0.717) is 42.3 Å². The number of amides is 1. The predicted molar refractivity (Wildman–Crippen MR) is 109 cm³/mol. The van der Waals surface area contributed by atoms with Gasteiger partial charge in [-0.3, -0.25) is 9.59 Å². The summed E-state index contributed by atoms with van der Waals surface area (Å²) in [6, 6.07) is 5.82. The highest BCUT2D eigenvalue weighted by Gasteiger charge is 2.58. The summed E-state index contributed by atoms with van der Waals surface area (Å²) in [6.45, 7) is 4.99. The molecule has 5 atom stereocenters. The predicted octanol–water partition coefficient (Wildman–Crippen LogP) is 4.35. The molecule has 2 N–H and O–H groups in total. The van der Waals surface area contributed by atoms with Gasteiger partial charge in [0.05, 0.1) is 0 Å². The minimum absolute atomic E-state index is 0.0371. The van der Waals surface area contributed by atoms with E-state index in [9.17, 15) is 14.7 Å². The van der Waals surface area contributed by atoms with Crippen molar-refractivity contribution in [2.75, 3.05) is 6.54 Å². The van der Waals surface area contributed by atoms with Crippen LogP contribution in [0.3, 0.4) is 0 Å². The number of carbonyl (C=O) groups is 2. The lowest BCUT2D eigenvalue weighted by atomic mass is 9.55. The molecular formula is C24H33NO3. The minimum Gasteiger partial charge on any atom is -0.508 e. The second-order valence-electron chi connectivity index (χ2n) is 9.46. The van der Waals surface area contributed by atoms with E-state index in [1.807, 2.05) is 6.07 Å². The van der Waals surface area contributed by atoms with Gasteiger partial charge in [0.15, 0.2) is 0 Å². The van der Waals surface area contributed by atoms with Gasteiger partial charge >= 0.3 is 0 Å². The van der Waals surface area contributed by atoms with Gasteiger partial charge in [0.1, 0.15) is 11.5 Å². The fraction of sp³-hybridized carbons (Fsp3) is 0.667. The first-order valence-electron chi connectivity index (χ1n) is 11.1. The Morgan fingerprint density at radius 1 is 1.32 bits per heavy atom. The maximum Gasteiger partial charge on any atom is 0.220 e. The van der Waals surface area contributed by atoms with Gasteiger partial charge in [0.2, 0.25) is 5.91 Å². The summed E-state index contributed by atoms with van der Waals surface area (Å²) >= 11 is 0. The highest BCUT2D eigenvalue weighted by Crippen LogP contribution is 2.61. The summed E-state index contributed by atoms with van der Waals surface area (Å²) in [6.07, 6.45) is 7.30. The maximum absolute atomic E-state index is 13.3. The van der Waals surface area contributed by atoms with Gasteiger partial charge in [-0.05, 0) is 79.5 Å². The van der Waals surface area contributed by atoms with Crippen molar-refractivity contribution in [3.63, 3.8) is 0 Å². The van der Waals surface area contributed by atoms with Crippen LogP contribution in [0.2, 0.25) is 0 Å². The first-order valence-corrected chi connectivity index (χ1v) is 11.1. The van der Waals surface area contributed by atoms with Crippen LogP contribution in [0.15, 0.2) is 18.2 Å². The Hall–Kier alpha value is -1.84. The summed E-state index contributed by atoms with van der Waals surface area (Å²) in [5, 5.41) is 12.8. The Balaban J connectivity index is 1.50.